The van der Waals surface area contributed by atoms with Gasteiger partial charge in [0.15, 0.2) is 0 Å². The molecule has 0 aromatic heterocycles. The van der Waals surface area contributed by atoms with Gasteiger partial charge in [-0.05, 0) is 107 Å². The van der Waals surface area contributed by atoms with E-state index in [0.29, 0.717) is 4.90 Å². The van der Waals surface area contributed by atoms with Crippen molar-refractivity contribution in [3.63, 3.8) is 0 Å². The van der Waals surface area contributed by atoms with E-state index in [1.807, 2.05) is 0 Å². The lowest BCUT2D eigenvalue weighted by molar-refractivity contribution is 0.613. The van der Waals surface area contributed by atoms with Gasteiger partial charge in [0.1, 0.15) is 0 Å². The largest absolute Gasteiger partial charge is 0.0978 e. The van der Waals surface area contributed by atoms with E-state index >= 15 is 0 Å². The van der Waals surface area contributed by atoms with Crippen molar-refractivity contribution in [1.29, 1.82) is 0 Å². The van der Waals surface area contributed by atoms with E-state index in [0.717, 1.165) is 5.40 Å². The Morgan fingerprint density at radius 3 is 0.514 bits per heavy atom. The molecule has 0 spiro atoms. The van der Waals surface area contributed by atoms with Crippen LogP contribution in [0.15, 0.2) is 0 Å². The number of rotatable bonds is 62. The van der Waals surface area contributed by atoms with E-state index in [1.165, 1.54) is 257 Å². The normalized spacial score (nSPS) is 12.4. The van der Waals surface area contributed by atoms with Gasteiger partial charge in [-0.2, -0.15) is 0 Å². The van der Waals surface area contributed by atoms with Gasteiger partial charge >= 0.3 is 0 Å². The summed E-state index contributed by atoms with van der Waals surface area (Å²) in [6, 6.07) is 0. The standard InChI is InChI=1S/C68H142P4/c1-10-19-27-35-43-51-59-69(60-52-44-36-28-20-11-2)67(70(61-53-45-37-29-21-12-3)62-54-46-38-30-22-13-4)68(18-9,71(63-55-47-39-31-23-14-5)64-56-48-40-32-24-15-6)72(65-57-49-41-33-25-16-7)66-58-50-42-34-26-17-8/h67H,10-66H2,1-9H3. The fourth-order valence-electron chi connectivity index (χ4n) is 12.4. The maximum absolute atomic E-state index is 2.91. The maximum Gasteiger partial charge on any atom is 0.0209 e. The van der Waals surface area contributed by atoms with Crippen molar-refractivity contribution >= 4 is 31.7 Å². The first kappa shape index (κ1) is 73.7. The highest BCUT2D eigenvalue weighted by atomic mass is 31.2. The van der Waals surface area contributed by atoms with E-state index in [-0.39, 0.29) is 31.7 Å². The Balaban J connectivity index is 8.25. The van der Waals surface area contributed by atoms with Gasteiger partial charge in [-0.25, -0.2) is 0 Å². The summed E-state index contributed by atoms with van der Waals surface area (Å²) in [5, 5.41) is 1.11. The van der Waals surface area contributed by atoms with Crippen LogP contribution >= 0.6 is 31.7 Å². The average molecular weight is 1080 g/mol. The predicted octanol–water partition coefficient (Wildman–Crippen LogP) is 27.2. The molecule has 0 nitrogen and oxygen atoms in total. The van der Waals surface area contributed by atoms with Gasteiger partial charge in [0.2, 0.25) is 0 Å². The SMILES string of the molecule is CCCCCCCCP(CCCCCCCC)C(P(CCCCCCCC)CCCCCCCC)C(CC)(P(CCCCCCCC)CCCCCCCC)P(CCCCCCCC)CCCCCCCC. The van der Waals surface area contributed by atoms with Crippen LogP contribution in [-0.4, -0.2) is 59.6 Å². The zero-order valence-electron chi connectivity index (χ0n) is 52.2. The molecule has 0 fully saturated rings. The predicted molar refractivity (Wildman–Crippen MR) is 350 cm³/mol. The molecule has 0 rings (SSSR count). The highest BCUT2D eigenvalue weighted by Gasteiger charge is 2.52. The molecule has 0 N–H and O–H groups in total. The molecule has 0 aromatic carbocycles. The minimum atomic E-state index is -0.00680. The quantitative estimate of drug-likeness (QED) is 0.0421. The first-order chi connectivity index (χ1) is 35.5. The molecule has 0 atom stereocenters. The number of hydrogen-bond acceptors (Lipinski definition) is 0. The molecule has 4 heteroatoms. The summed E-state index contributed by atoms with van der Waals surface area (Å²) in [6.07, 6.45) is 86.2. The van der Waals surface area contributed by atoms with Gasteiger partial charge < -0.3 is 0 Å². The average Bonchev–Trinajstić information content (AvgIpc) is 3.39. The van der Waals surface area contributed by atoms with Crippen molar-refractivity contribution in [1.82, 2.24) is 0 Å². The first-order valence-corrected chi connectivity index (χ1v) is 41.5. The Morgan fingerprint density at radius 1 is 0.194 bits per heavy atom. The molecule has 0 amide bonds. The molecular weight excluding hydrogens is 941 g/mol. The molecule has 0 aromatic rings. The van der Waals surface area contributed by atoms with Gasteiger partial charge in [0, 0.05) is 10.3 Å². The summed E-state index contributed by atoms with van der Waals surface area (Å²) in [6.45, 7) is 22.3. The second kappa shape index (κ2) is 58.9. The van der Waals surface area contributed by atoms with Gasteiger partial charge in [-0.1, -0.05) is 351 Å². The van der Waals surface area contributed by atoms with Crippen LogP contribution in [0.2, 0.25) is 0 Å². The minimum absolute atomic E-state index is 0.00680. The van der Waals surface area contributed by atoms with E-state index in [4.69, 9.17) is 0 Å². The summed E-state index contributed by atoms with van der Waals surface area (Å²) in [4.78, 5) is 0.677. The summed E-state index contributed by atoms with van der Waals surface area (Å²) >= 11 is 0. The van der Waals surface area contributed by atoms with Crippen LogP contribution in [0.4, 0.5) is 0 Å². The van der Waals surface area contributed by atoms with Gasteiger partial charge in [0.25, 0.3) is 0 Å². The van der Waals surface area contributed by atoms with Crippen molar-refractivity contribution in [2.75, 3.05) is 49.3 Å². The third kappa shape index (κ3) is 40.0. The zero-order chi connectivity index (χ0) is 52.7. The number of hydrogen-bond donors (Lipinski definition) is 0. The highest BCUT2D eigenvalue weighted by Crippen LogP contribution is 2.81. The summed E-state index contributed by atoms with van der Waals surface area (Å²) < 4.78 is 0. The second-order valence-corrected chi connectivity index (χ2v) is 35.3. The maximum atomic E-state index is 2.91. The van der Waals surface area contributed by atoms with Crippen LogP contribution < -0.4 is 0 Å². The molecule has 72 heavy (non-hydrogen) atoms. The molecule has 0 saturated carbocycles. The van der Waals surface area contributed by atoms with Crippen molar-refractivity contribution in [3.8, 4) is 0 Å². The van der Waals surface area contributed by atoms with Gasteiger partial charge in [-0.15, -0.1) is 0 Å². The monoisotopic (exact) mass is 1080 g/mol. The molecule has 0 radical (unpaired) electrons. The van der Waals surface area contributed by atoms with E-state index in [9.17, 15) is 0 Å². The van der Waals surface area contributed by atoms with Crippen molar-refractivity contribution in [2.45, 2.75) is 387 Å². The summed E-state index contributed by atoms with van der Waals surface area (Å²) in [7, 11) is 0.0327. The van der Waals surface area contributed by atoms with E-state index < -0.39 is 0 Å². The second-order valence-electron chi connectivity index (χ2n) is 23.8. The van der Waals surface area contributed by atoms with Crippen molar-refractivity contribution < 1.29 is 0 Å². The Hall–Kier alpha value is 1.72. The number of unbranched alkanes of at least 4 members (excludes halogenated alkanes) is 40. The Kier molecular flexibility index (Phi) is 60.3. The molecule has 0 aliphatic rings. The fraction of sp³-hybridized carbons (Fsp3) is 1.00. The van der Waals surface area contributed by atoms with E-state index in [1.54, 1.807) is 107 Å². The molecular formula is C68H142P4. The molecule has 0 bridgehead atoms. The van der Waals surface area contributed by atoms with Crippen LogP contribution in [0.3, 0.4) is 0 Å². The van der Waals surface area contributed by atoms with Gasteiger partial charge in [-0.3, -0.25) is 0 Å². The van der Waals surface area contributed by atoms with Gasteiger partial charge in [0.05, 0.1) is 0 Å². The third-order valence-corrected chi connectivity index (χ3v) is 34.1. The van der Waals surface area contributed by atoms with Crippen LogP contribution in [-0.2, 0) is 0 Å². The van der Waals surface area contributed by atoms with Crippen LogP contribution in [0, 0.1) is 0 Å². The molecule has 0 saturated heterocycles. The Labute approximate surface area is 465 Å². The Bertz CT molecular complexity index is 865. The molecule has 0 aliphatic heterocycles. The molecule has 0 heterocycles. The topological polar surface area (TPSA) is 0 Å². The van der Waals surface area contributed by atoms with E-state index in [2.05, 4.69) is 62.3 Å². The van der Waals surface area contributed by atoms with Crippen molar-refractivity contribution in [3.05, 3.63) is 0 Å². The lowest BCUT2D eigenvalue weighted by atomic mass is 10.1. The molecule has 0 unspecified atom stereocenters. The smallest absolute Gasteiger partial charge is 0.0209 e. The van der Waals surface area contributed by atoms with Crippen molar-refractivity contribution in [2.24, 2.45) is 0 Å². The summed E-state index contributed by atoms with van der Waals surface area (Å²) in [5.41, 5.74) is 0. The van der Waals surface area contributed by atoms with Crippen LogP contribution in [0.5, 0.6) is 0 Å². The highest BCUT2D eigenvalue weighted by molar-refractivity contribution is 7.84. The lowest BCUT2D eigenvalue weighted by Gasteiger charge is -2.57. The summed E-state index contributed by atoms with van der Waals surface area (Å²) in [5.74, 6) is 0. The lowest BCUT2D eigenvalue weighted by Crippen LogP contribution is -2.41. The fourth-order valence-corrected chi connectivity index (χ4v) is 33.8. The Morgan fingerprint density at radius 2 is 0.347 bits per heavy atom. The first-order valence-electron chi connectivity index (χ1n) is 34.5. The minimum Gasteiger partial charge on any atom is -0.0978 e. The molecule has 434 valence electrons. The van der Waals surface area contributed by atoms with Crippen LogP contribution in [0.25, 0.3) is 0 Å². The third-order valence-electron chi connectivity index (χ3n) is 17.0. The zero-order valence-corrected chi connectivity index (χ0v) is 55.7. The molecule has 0 aliphatic carbocycles. The van der Waals surface area contributed by atoms with Crippen LogP contribution in [0.1, 0.15) is 377 Å².